The molecule has 2 aliphatic heterocycles. The summed E-state index contributed by atoms with van der Waals surface area (Å²) in [6.07, 6.45) is 3.41. The first-order valence-corrected chi connectivity index (χ1v) is 10.3. The maximum Gasteiger partial charge on any atom is 0.265 e. The van der Waals surface area contributed by atoms with Crippen LogP contribution in [0, 0.1) is 5.92 Å². The number of nitrogens with one attached hydrogen (secondary N) is 3. The van der Waals surface area contributed by atoms with Gasteiger partial charge in [-0.3, -0.25) is 9.59 Å². The van der Waals surface area contributed by atoms with E-state index in [1.54, 1.807) is 24.3 Å². The van der Waals surface area contributed by atoms with Crippen LogP contribution in [0.1, 0.15) is 35.2 Å². The van der Waals surface area contributed by atoms with E-state index in [0.717, 1.165) is 30.8 Å². The summed E-state index contributed by atoms with van der Waals surface area (Å²) in [5.74, 6) is 1.07. The van der Waals surface area contributed by atoms with Crippen LogP contribution in [0.15, 0.2) is 48.5 Å². The largest absolute Gasteiger partial charge is 0.480 e. The Kier molecular flexibility index (Phi) is 6.10. The number of rotatable bonds is 6. The van der Waals surface area contributed by atoms with Crippen LogP contribution in [0.4, 0.5) is 5.69 Å². The molecule has 2 aromatic rings. The third-order valence-electron chi connectivity index (χ3n) is 5.57. The van der Waals surface area contributed by atoms with Crippen molar-refractivity contribution in [2.24, 2.45) is 5.92 Å². The molecule has 0 aromatic heterocycles. The highest BCUT2D eigenvalue weighted by Gasteiger charge is 2.28. The Bertz CT molecular complexity index is 852. The van der Waals surface area contributed by atoms with Crippen LogP contribution in [0.5, 0.6) is 5.75 Å². The lowest BCUT2D eigenvalue weighted by Crippen LogP contribution is -2.33. The molecule has 6 heteroatoms. The molecule has 2 atom stereocenters. The Labute approximate surface area is 171 Å². The summed E-state index contributed by atoms with van der Waals surface area (Å²) < 4.78 is 5.73. The topological polar surface area (TPSA) is 79.5 Å². The quantitative estimate of drug-likeness (QED) is 0.705. The Morgan fingerprint density at radius 3 is 2.86 bits per heavy atom. The lowest BCUT2D eigenvalue weighted by atomic mass is 9.96. The molecule has 0 saturated carbocycles. The Balaban J connectivity index is 1.29. The van der Waals surface area contributed by atoms with Gasteiger partial charge in [-0.2, -0.15) is 0 Å². The summed E-state index contributed by atoms with van der Waals surface area (Å²) in [5.41, 5.74) is 2.17. The van der Waals surface area contributed by atoms with Gasteiger partial charge in [0.05, 0.1) is 0 Å². The molecular weight excluding hydrogens is 366 g/mol. The first-order chi connectivity index (χ1) is 14.2. The van der Waals surface area contributed by atoms with E-state index in [4.69, 9.17) is 4.74 Å². The Hall–Kier alpha value is -2.86. The van der Waals surface area contributed by atoms with Crippen molar-refractivity contribution in [1.29, 1.82) is 0 Å². The predicted molar refractivity (Wildman–Crippen MR) is 112 cm³/mol. The number of hydrogen-bond donors (Lipinski definition) is 3. The van der Waals surface area contributed by atoms with Crippen LogP contribution in [0.2, 0.25) is 0 Å². The van der Waals surface area contributed by atoms with E-state index in [1.807, 2.05) is 24.3 Å². The lowest BCUT2D eigenvalue weighted by Gasteiger charge is -2.22. The van der Waals surface area contributed by atoms with Gasteiger partial charge >= 0.3 is 0 Å². The molecule has 152 valence electrons. The summed E-state index contributed by atoms with van der Waals surface area (Å²) in [6, 6.07) is 14.7. The van der Waals surface area contributed by atoms with E-state index in [2.05, 4.69) is 16.0 Å². The monoisotopic (exact) mass is 393 g/mol. The minimum atomic E-state index is -0.547. The van der Waals surface area contributed by atoms with Crippen molar-refractivity contribution >= 4 is 17.5 Å². The fourth-order valence-electron chi connectivity index (χ4n) is 3.95. The van der Waals surface area contributed by atoms with E-state index >= 15 is 0 Å². The minimum absolute atomic E-state index is 0.116. The molecule has 4 rings (SSSR count). The van der Waals surface area contributed by atoms with Gasteiger partial charge in [-0.1, -0.05) is 24.3 Å². The zero-order chi connectivity index (χ0) is 20.1. The second kappa shape index (κ2) is 9.09. The van der Waals surface area contributed by atoms with E-state index < -0.39 is 6.10 Å². The molecule has 1 fully saturated rings. The van der Waals surface area contributed by atoms with E-state index in [9.17, 15) is 9.59 Å². The number of hydrogen-bond acceptors (Lipinski definition) is 4. The van der Waals surface area contributed by atoms with Gasteiger partial charge in [-0.05, 0) is 68.1 Å². The fraction of sp³-hybridized carbons (Fsp3) is 0.391. The fourth-order valence-corrected chi connectivity index (χ4v) is 3.95. The highest BCUT2D eigenvalue weighted by atomic mass is 16.5. The number of anilines is 1. The molecule has 2 heterocycles. The number of carbonyl (C=O) groups is 2. The first kappa shape index (κ1) is 19.5. The summed E-state index contributed by atoms with van der Waals surface area (Å²) in [4.78, 5) is 25.0. The van der Waals surface area contributed by atoms with Gasteiger partial charge in [-0.25, -0.2) is 0 Å². The molecule has 3 N–H and O–H groups in total. The smallest absolute Gasteiger partial charge is 0.265 e. The minimum Gasteiger partial charge on any atom is -0.480 e. The van der Waals surface area contributed by atoms with Gasteiger partial charge in [0.25, 0.3) is 11.8 Å². The van der Waals surface area contributed by atoms with Crippen LogP contribution in [-0.4, -0.2) is 37.6 Å². The molecule has 1 saturated heterocycles. The van der Waals surface area contributed by atoms with Crippen molar-refractivity contribution in [2.45, 2.75) is 31.8 Å². The Morgan fingerprint density at radius 1 is 1.14 bits per heavy atom. The number of benzene rings is 2. The zero-order valence-corrected chi connectivity index (χ0v) is 16.4. The van der Waals surface area contributed by atoms with Gasteiger partial charge in [0.2, 0.25) is 0 Å². The number of ether oxygens (including phenoxy) is 1. The molecule has 0 aliphatic carbocycles. The van der Waals surface area contributed by atoms with Crippen molar-refractivity contribution in [3.05, 3.63) is 59.7 Å². The number of fused-ring (bicyclic) bond motifs is 1. The maximum atomic E-state index is 12.6. The van der Waals surface area contributed by atoms with Crippen LogP contribution >= 0.6 is 0 Å². The molecule has 6 nitrogen and oxygen atoms in total. The van der Waals surface area contributed by atoms with Crippen LogP contribution < -0.4 is 20.7 Å². The third-order valence-corrected chi connectivity index (χ3v) is 5.57. The highest BCUT2D eigenvalue weighted by molar-refractivity contribution is 5.98. The number of para-hydroxylation sites is 1. The second-order valence-corrected chi connectivity index (χ2v) is 7.75. The number of piperidine rings is 1. The zero-order valence-electron chi connectivity index (χ0n) is 16.4. The molecule has 0 spiro atoms. The highest BCUT2D eigenvalue weighted by Crippen LogP contribution is 2.28. The van der Waals surface area contributed by atoms with E-state index in [1.165, 1.54) is 12.8 Å². The lowest BCUT2D eigenvalue weighted by molar-refractivity contribution is -0.122. The molecular formula is C23H27N3O3. The van der Waals surface area contributed by atoms with Crippen molar-refractivity contribution < 1.29 is 14.3 Å². The SMILES string of the molecule is O=C(NCCC1CCCNC1)c1cccc(NC(=O)C2Cc3ccccc3O2)c1. The van der Waals surface area contributed by atoms with Crippen molar-refractivity contribution in [3.63, 3.8) is 0 Å². The molecule has 0 bridgehead atoms. The van der Waals surface area contributed by atoms with Gasteiger partial charge in [0, 0.05) is 24.2 Å². The Morgan fingerprint density at radius 2 is 2.03 bits per heavy atom. The van der Waals surface area contributed by atoms with Crippen molar-refractivity contribution in [1.82, 2.24) is 10.6 Å². The normalized spacial score (nSPS) is 20.4. The molecule has 0 radical (unpaired) electrons. The number of carbonyl (C=O) groups excluding carboxylic acids is 2. The first-order valence-electron chi connectivity index (χ1n) is 10.3. The van der Waals surface area contributed by atoms with Crippen LogP contribution in [0.3, 0.4) is 0 Å². The van der Waals surface area contributed by atoms with Crippen molar-refractivity contribution in [3.8, 4) is 5.75 Å². The van der Waals surface area contributed by atoms with Crippen LogP contribution in [-0.2, 0) is 11.2 Å². The average molecular weight is 393 g/mol. The molecule has 29 heavy (non-hydrogen) atoms. The average Bonchev–Trinajstić information content (AvgIpc) is 3.19. The second-order valence-electron chi connectivity index (χ2n) is 7.75. The predicted octanol–water partition coefficient (Wildman–Crippen LogP) is 2.75. The maximum absolute atomic E-state index is 12.6. The van der Waals surface area contributed by atoms with E-state index in [0.29, 0.717) is 30.1 Å². The van der Waals surface area contributed by atoms with Crippen molar-refractivity contribution in [2.75, 3.05) is 25.0 Å². The molecule has 2 unspecified atom stereocenters. The summed E-state index contributed by atoms with van der Waals surface area (Å²) in [7, 11) is 0. The molecule has 2 amide bonds. The van der Waals surface area contributed by atoms with Gasteiger partial charge in [0.15, 0.2) is 6.10 Å². The van der Waals surface area contributed by atoms with E-state index in [-0.39, 0.29) is 11.8 Å². The van der Waals surface area contributed by atoms with Crippen LogP contribution in [0.25, 0.3) is 0 Å². The van der Waals surface area contributed by atoms with Gasteiger partial charge < -0.3 is 20.7 Å². The standard InChI is InChI=1S/C23H27N3O3/c27-22(25-12-10-16-5-4-11-24-15-16)18-7-3-8-19(13-18)26-23(28)21-14-17-6-1-2-9-20(17)29-21/h1-3,6-9,13,16,21,24H,4-5,10-12,14-15H2,(H,25,27)(H,26,28). The molecule has 2 aliphatic rings. The molecule has 2 aromatic carbocycles. The summed E-state index contributed by atoms with van der Waals surface area (Å²) in [5, 5.41) is 9.26. The number of amides is 2. The summed E-state index contributed by atoms with van der Waals surface area (Å²) >= 11 is 0. The van der Waals surface area contributed by atoms with Gasteiger partial charge in [0.1, 0.15) is 5.75 Å². The summed E-state index contributed by atoms with van der Waals surface area (Å²) in [6.45, 7) is 2.79. The third kappa shape index (κ3) is 4.95. The van der Waals surface area contributed by atoms with Gasteiger partial charge in [-0.15, -0.1) is 0 Å².